The molecule has 0 spiro atoms. The summed E-state index contributed by atoms with van der Waals surface area (Å²) in [6.07, 6.45) is 1.44. The van der Waals surface area contributed by atoms with Crippen LogP contribution in [0.25, 0.3) is 0 Å². The summed E-state index contributed by atoms with van der Waals surface area (Å²) in [6, 6.07) is 1.55. The summed E-state index contributed by atoms with van der Waals surface area (Å²) in [7, 11) is 0. The van der Waals surface area contributed by atoms with Crippen LogP contribution in [-0.2, 0) is 0 Å². The van der Waals surface area contributed by atoms with Crippen LogP contribution in [0.1, 0.15) is 16.1 Å². The zero-order chi connectivity index (χ0) is 6.85. The third-order valence-corrected chi connectivity index (χ3v) is 1.12. The zero-order valence-corrected chi connectivity index (χ0v) is 5.05. The van der Waals surface area contributed by atoms with Crippen LogP contribution in [0.15, 0.2) is 16.7 Å². The minimum absolute atomic E-state index is 0.443. The molecule has 3 nitrogen and oxygen atoms in total. The Hall–Kier alpha value is -1.25. The van der Waals surface area contributed by atoms with Gasteiger partial charge < -0.3 is 10.2 Å². The van der Waals surface area contributed by atoms with E-state index in [0.29, 0.717) is 11.3 Å². The van der Waals surface area contributed by atoms with Crippen LogP contribution < -0.4 is 5.73 Å². The highest BCUT2D eigenvalue weighted by molar-refractivity contribution is 5.93. The predicted molar refractivity (Wildman–Crippen MR) is 32.0 cm³/mol. The fourth-order valence-electron chi connectivity index (χ4n) is 0.641. The van der Waals surface area contributed by atoms with Crippen LogP contribution >= 0.6 is 0 Å². The molecule has 1 rings (SSSR count). The Morgan fingerprint density at radius 1 is 1.78 bits per heavy atom. The van der Waals surface area contributed by atoms with Crippen LogP contribution in [0.4, 0.5) is 0 Å². The van der Waals surface area contributed by atoms with Gasteiger partial charge in [0, 0.05) is 0 Å². The summed E-state index contributed by atoms with van der Waals surface area (Å²) in [6.45, 7) is 1.69. The Morgan fingerprint density at radius 3 is 2.67 bits per heavy atom. The molecule has 0 fully saturated rings. The van der Waals surface area contributed by atoms with Gasteiger partial charge in [0.25, 0.3) is 5.91 Å². The Balaban J connectivity index is 3.08. The largest absolute Gasteiger partial charge is 0.469 e. The van der Waals surface area contributed by atoms with Crippen molar-refractivity contribution in [2.75, 3.05) is 0 Å². The highest BCUT2D eigenvalue weighted by atomic mass is 16.3. The summed E-state index contributed by atoms with van der Waals surface area (Å²) in [5.74, 6) is 0.128. The number of rotatable bonds is 1. The number of nitrogens with two attached hydrogens (primary N) is 1. The number of hydrogen-bond donors (Lipinski definition) is 1. The molecule has 1 amide bonds. The van der Waals surface area contributed by atoms with Gasteiger partial charge in [-0.05, 0) is 13.0 Å². The van der Waals surface area contributed by atoms with Crippen LogP contribution in [0.2, 0.25) is 0 Å². The van der Waals surface area contributed by atoms with E-state index in [0.717, 1.165) is 0 Å². The maximum absolute atomic E-state index is 10.4. The number of carbonyl (C=O) groups excluding carboxylic acids is 1. The monoisotopic (exact) mass is 125 g/mol. The van der Waals surface area contributed by atoms with E-state index < -0.39 is 5.91 Å². The smallest absolute Gasteiger partial charge is 0.252 e. The average molecular weight is 125 g/mol. The summed E-state index contributed by atoms with van der Waals surface area (Å²) < 4.78 is 4.82. The SMILES string of the molecule is Cc1occc1C(N)=O. The van der Waals surface area contributed by atoms with Gasteiger partial charge in [-0.2, -0.15) is 0 Å². The van der Waals surface area contributed by atoms with Gasteiger partial charge in [-0.1, -0.05) is 0 Å². The fourth-order valence-corrected chi connectivity index (χ4v) is 0.641. The first kappa shape index (κ1) is 5.88. The van der Waals surface area contributed by atoms with E-state index in [-0.39, 0.29) is 0 Å². The number of aryl methyl sites for hydroxylation is 1. The van der Waals surface area contributed by atoms with E-state index in [1.165, 1.54) is 6.26 Å². The molecule has 0 bridgehead atoms. The second-order valence-corrected chi connectivity index (χ2v) is 1.75. The van der Waals surface area contributed by atoms with Crippen molar-refractivity contribution in [3.8, 4) is 0 Å². The molecule has 1 aromatic heterocycles. The minimum Gasteiger partial charge on any atom is -0.469 e. The maximum atomic E-state index is 10.4. The molecule has 9 heavy (non-hydrogen) atoms. The molecular formula is C6H7NO2. The molecule has 0 aliphatic heterocycles. The molecule has 48 valence electrons. The Morgan fingerprint density at radius 2 is 2.44 bits per heavy atom. The van der Waals surface area contributed by atoms with Gasteiger partial charge in [0.15, 0.2) is 0 Å². The van der Waals surface area contributed by atoms with Gasteiger partial charge in [-0.25, -0.2) is 0 Å². The Kier molecular flexibility index (Phi) is 1.26. The first-order valence-electron chi connectivity index (χ1n) is 2.55. The molecule has 0 saturated carbocycles. The van der Waals surface area contributed by atoms with Crippen molar-refractivity contribution in [1.82, 2.24) is 0 Å². The maximum Gasteiger partial charge on any atom is 0.252 e. The molecule has 0 saturated heterocycles. The molecule has 3 heteroatoms. The topological polar surface area (TPSA) is 56.2 Å². The van der Waals surface area contributed by atoms with E-state index in [9.17, 15) is 4.79 Å². The Bertz CT molecular complexity index is 227. The lowest BCUT2D eigenvalue weighted by Gasteiger charge is -1.86. The van der Waals surface area contributed by atoms with Gasteiger partial charge in [-0.3, -0.25) is 4.79 Å². The average Bonchev–Trinajstić information content (AvgIpc) is 2.13. The summed E-state index contributed by atoms with van der Waals surface area (Å²) in [5.41, 5.74) is 5.41. The molecule has 0 unspecified atom stereocenters. The van der Waals surface area contributed by atoms with Gasteiger partial charge in [-0.15, -0.1) is 0 Å². The third kappa shape index (κ3) is 0.937. The lowest BCUT2D eigenvalue weighted by molar-refractivity contribution is 0.0999. The number of amides is 1. The second kappa shape index (κ2) is 1.93. The van der Waals surface area contributed by atoms with E-state index in [1.54, 1.807) is 13.0 Å². The molecule has 2 N–H and O–H groups in total. The van der Waals surface area contributed by atoms with Crippen LogP contribution in [0.5, 0.6) is 0 Å². The van der Waals surface area contributed by atoms with Crippen LogP contribution in [-0.4, -0.2) is 5.91 Å². The van der Waals surface area contributed by atoms with Gasteiger partial charge in [0.2, 0.25) is 0 Å². The van der Waals surface area contributed by atoms with Crippen LogP contribution in [0.3, 0.4) is 0 Å². The van der Waals surface area contributed by atoms with E-state index in [2.05, 4.69) is 0 Å². The van der Waals surface area contributed by atoms with Crippen LogP contribution in [0, 0.1) is 6.92 Å². The van der Waals surface area contributed by atoms with Crippen molar-refractivity contribution in [2.45, 2.75) is 6.92 Å². The molecule has 0 aliphatic rings. The number of hydrogen-bond acceptors (Lipinski definition) is 2. The van der Waals surface area contributed by atoms with E-state index in [1.807, 2.05) is 0 Å². The van der Waals surface area contributed by atoms with E-state index in [4.69, 9.17) is 10.2 Å². The molecule has 0 radical (unpaired) electrons. The summed E-state index contributed by atoms with van der Waals surface area (Å²) in [5, 5.41) is 0. The second-order valence-electron chi connectivity index (χ2n) is 1.75. The summed E-state index contributed by atoms with van der Waals surface area (Å²) >= 11 is 0. The predicted octanol–water partition coefficient (Wildman–Crippen LogP) is 0.687. The minimum atomic E-state index is -0.443. The quantitative estimate of drug-likeness (QED) is 0.600. The number of carbonyl (C=O) groups is 1. The van der Waals surface area contributed by atoms with Crippen molar-refractivity contribution in [1.29, 1.82) is 0 Å². The van der Waals surface area contributed by atoms with Crippen molar-refractivity contribution in [2.24, 2.45) is 5.73 Å². The summed E-state index contributed by atoms with van der Waals surface area (Å²) in [4.78, 5) is 10.4. The standard InChI is InChI=1S/C6H7NO2/c1-4-5(6(7)8)2-3-9-4/h2-3H,1H3,(H2,7,8). The molecule has 0 aromatic carbocycles. The molecule has 0 aliphatic carbocycles. The normalized spacial score (nSPS) is 9.44. The van der Waals surface area contributed by atoms with Crippen molar-refractivity contribution >= 4 is 5.91 Å². The van der Waals surface area contributed by atoms with Crippen molar-refractivity contribution in [3.63, 3.8) is 0 Å². The zero-order valence-electron chi connectivity index (χ0n) is 5.05. The molecule has 0 atom stereocenters. The molecule has 1 aromatic rings. The highest BCUT2D eigenvalue weighted by Crippen LogP contribution is 2.06. The van der Waals surface area contributed by atoms with Gasteiger partial charge in [0.1, 0.15) is 5.76 Å². The third-order valence-electron chi connectivity index (χ3n) is 1.12. The first-order chi connectivity index (χ1) is 4.22. The Labute approximate surface area is 52.5 Å². The first-order valence-corrected chi connectivity index (χ1v) is 2.55. The lowest BCUT2D eigenvalue weighted by Crippen LogP contribution is -2.10. The van der Waals surface area contributed by atoms with Crippen molar-refractivity contribution < 1.29 is 9.21 Å². The van der Waals surface area contributed by atoms with Gasteiger partial charge in [0.05, 0.1) is 11.8 Å². The fraction of sp³-hybridized carbons (Fsp3) is 0.167. The van der Waals surface area contributed by atoms with E-state index >= 15 is 0 Å². The molecular weight excluding hydrogens is 118 g/mol. The lowest BCUT2D eigenvalue weighted by atomic mass is 10.2. The number of primary amides is 1. The van der Waals surface area contributed by atoms with Crippen molar-refractivity contribution in [3.05, 3.63) is 23.7 Å². The molecule has 1 heterocycles. The number of furan rings is 1. The van der Waals surface area contributed by atoms with Gasteiger partial charge >= 0.3 is 0 Å². The highest BCUT2D eigenvalue weighted by Gasteiger charge is 2.04.